The van der Waals surface area contributed by atoms with Gasteiger partial charge in [0.25, 0.3) is 0 Å². The minimum absolute atomic E-state index is 0.426. The van der Waals surface area contributed by atoms with Crippen LogP contribution in [-0.4, -0.2) is 28.7 Å². The number of rotatable bonds is 6. The molecular weight excluding hydrogens is 821 g/mol. The molecule has 13 rings (SSSR count). The standard InChI is InChI=1S/C59H34N8/c1-60-39-32-34-53(66-49-24-12-9-21-44(49)45-33-35-54-55(56(45)66)46-22-10-15-27-52(46)65(54)40-16-4-3-5-17-40)47(36-39)58-62-57(38-30-28-37(29-31-38)41-18-6-11-23-48(41)61-2)63-59(64-58)67-50-25-13-7-19-42(50)43-20-8-14-26-51(43)67/h3-36H. The van der Waals surface area contributed by atoms with E-state index < -0.39 is 0 Å². The van der Waals surface area contributed by atoms with Gasteiger partial charge in [0.2, 0.25) is 5.95 Å². The van der Waals surface area contributed by atoms with Crippen LogP contribution in [-0.2, 0) is 0 Å². The predicted molar refractivity (Wildman–Crippen MR) is 272 cm³/mol. The second-order valence-corrected chi connectivity index (χ2v) is 16.6. The molecule has 0 amide bonds. The van der Waals surface area contributed by atoms with E-state index in [4.69, 9.17) is 28.1 Å². The van der Waals surface area contributed by atoms with Gasteiger partial charge in [0, 0.05) is 49.1 Å². The third-order valence-corrected chi connectivity index (χ3v) is 13.0. The Labute approximate surface area is 384 Å². The molecule has 0 bridgehead atoms. The number of aromatic nitrogens is 6. The Kier molecular flexibility index (Phi) is 8.48. The number of hydrogen-bond donors (Lipinski definition) is 0. The summed E-state index contributed by atoms with van der Waals surface area (Å²) in [5, 5.41) is 6.65. The smallest absolute Gasteiger partial charge is 0.238 e. The summed E-state index contributed by atoms with van der Waals surface area (Å²) in [5.41, 5.74) is 12.4. The van der Waals surface area contributed by atoms with Gasteiger partial charge < -0.3 is 9.13 Å². The summed E-state index contributed by atoms with van der Waals surface area (Å²) in [4.78, 5) is 23.8. The molecule has 0 unspecified atom stereocenters. The topological polar surface area (TPSA) is 62.2 Å². The van der Waals surface area contributed by atoms with Gasteiger partial charge in [-0.05, 0) is 65.7 Å². The van der Waals surface area contributed by atoms with Gasteiger partial charge in [-0.25, -0.2) is 14.7 Å². The van der Waals surface area contributed by atoms with Crippen molar-refractivity contribution in [1.82, 2.24) is 28.7 Å². The summed E-state index contributed by atoms with van der Waals surface area (Å²) >= 11 is 0. The second kappa shape index (κ2) is 15.0. The van der Waals surface area contributed by atoms with Gasteiger partial charge in [-0.3, -0.25) is 4.57 Å². The average molecular weight is 855 g/mol. The lowest BCUT2D eigenvalue weighted by molar-refractivity contribution is 0.952. The van der Waals surface area contributed by atoms with Gasteiger partial charge in [0.1, 0.15) is 0 Å². The first-order valence-electron chi connectivity index (χ1n) is 22.0. The van der Waals surface area contributed by atoms with Crippen molar-refractivity contribution in [1.29, 1.82) is 0 Å². The fraction of sp³-hybridized carbons (Fsp3) is 0. The molecule has 9 aromatic carbocycles. The first-order valence-corrected chi connectivity index (χ1v) is 22.0. The molecule has 8 heteroatoms. The molecule has 13 aromatic rings. The van der Waals surface area contributed by atoms with Gasteiger partial charge in [-0.2, -0.15) is 9.97 Å². The number of benzene rings is 9. The van der Waals surface area contributed by atoms with Crippen LogP contribution in [0.2, 0.25) is 0 Å². The molecule has 4 aromatic heterocycles. The Hall–Kier alpha value is -9.63. The molecule has 0 fully saturated rings. The molecule has 0 spiro atoms. The van der Waals surface area contributed by atoms with Gasteiger partial charge in [0.15, 0.2) is 23.0 Å². The third-order valence-electron chi connectivity index (χ3n) is 13.0. The number of para-hydroxylation sites is 6. The quantitative estimate of drug-likeness (QED) is 0.157. The van der Waals surface area contributed by atoms with Gasteiger partial charge >= 0.3 is 0 Å². The lowest BCUT2D eigenvalue weighted by atomic mass is 10.0. The molecule has 8 nitrogen and oxygen atoms in total. The van der Waals surface area contributed by atoms with E-state index in [-0.39, 0.29) is 0 Å². The van der Waals surface area contributed by atoms with Gasteiger partial charge in [-0.1, -0.05) is 152 Å². The van der Waals surface area contributed by atoms with E-state index in [0.717, 1.165) is 93.5 Å². The molecule has 0 N–H and O–H groups in total. The molecule has 0 saturated heterocycles. The van der Waals surface area contributed by atoms with Crippen LogP contribution < -0.4 is 0 Å². The van der Waals surface area contributed by atoms with Crippen LogP contribution in [0.1, 0.15) is 0 Å². The second-order valence-electron chi connectivity index (χ2n) is 16.6. The average Bonchev–Trinajstić information content (AvgIpc) is 4.04. The SMILES string of the molecule is [C-]#[N+]c1ccc(-n2c3ccccc3c3ccc4c(c5ccccc5n4-c4ccccc4)c32)c(-c2nc(-c3ccc(-c4ccccc4[N+]#[C-])cc3)nc(-n3c4ccccc4c4ccccc43)n2)c1. The normalized spacial score (nSPS) is 11.6. The summed E-state index contributed by atoms with van der Waals surface area (Å²) in [5.74, 6) is 1.35. The van der Waals surface area contributed by atoms with Crippen LogP contribution in [0.4, 0.5) is 11.4 Å². The lowest BCUT2D eigenvalue weighted by Gasteiger charge is -2.16. The van der Waals surface area contributed by atoms with Crippen molar-refractivity contribution < 1.29 is 0 Å². The van der Waals surface area contributed by atoms with Crippen LogP contribution in [0.15, 0.2) is 206 Å². The van der Waals surface area contributed by atoms with E-state index in [1.54, 1.807) is 0 Å². The van der Waals surface area contributed by atoms with E-state index in [9.17, 15) is 0 Å². The van der Waals surface area contributed by atoms with Gasteiger partial charge in [-0.15, -0.1) is 0 Å². The maximum atomic E-state index is 8.27. The molecular formula is C59H34N8. The monoisotopic (exact) mass is 854 g/mol. The Morgan fingerprint density at radius 1 is 0.373 bits per heavy atom. The predicted octanol–water partition coefficient (Wildman–Crippen LogP) is 15.3. The Bertz CT molecular complexity index is 4180. The van der Waals surface area contributed by atoms with Crippen LogP contribution in [0, 0.1) is 13.1 Å². The molecule has 67 heavy (non-hydrogen) atoms. The zero-order valence-electron chi connectivity index (χ0n) is 35.7. The van der Waals surface area contributed by atoms with Crippen molar-refractivity contribution in [2.24, 2.45) is 0 Å². The Morgan fingerprint density at radius 3 is 1.63 bits per heavy atom. The van der Waals surface area contributed by atoms with Gasteiger partial charge in [0.05, 0.1) is 51.9 Å². The number of nitrogens with zero attached hydrogens (tertiary/aromatic N) is 8. The molecule has 4 heterocycles. The molecule has 310 valence electrons. The lowest BCUT2D eigenvalue weighted by Crippen LogP contribution is -2.08. The van der Waals surface area contributed by atoms with Crippen molar-refractivity contribution >= 4 is 76.8 Å². The van der Waals surface area contributed by atoms with Crippen LogP contribution in [0.25, 0.3) is 126 Å². The fourth-order valence-electron chi connectivity index (χ4n) is 10.0. The van der Waals surface area contributed by atoms with E-state index in [1.807, 2.05) is 84.9 Å². The van der Waals surface area contributed by atoms with Crippen LogP contribution in [0.3, 0.4) is 0 Å². The number of fused-ring (bicyclic) bond motifs is 10. The number of hydrogen-bond acceptors (Lipinski definition) is 3. The van der Waals surface area contributed by atoms with E-state index >= 15 is 0 Å². The van der Waals surface area contributed by atoms with Crippen LogP contribution >= 0.6 is 0 Å². The minimum Gasteiger partial charge on any atom is -0.309 e. The largest absolute Gasteiger partial charge is 0.309 e. The minimum atomic E-state index is 0.426. The van der Waals surface area contributed by atoms with Crippen molar-refractivity contribution in [3.63, 3.8) is 0 Å². The van der Waals surface area contributed by atoms with Crippen molar-refractivity contribution in [3.05, 3.63) is 229 Å². The van der Waals surface area contributed by atoms with Crippen LogP contribution in [0.5, 0.6) is 0 Å². The molecule has 0 atom stereocenters. The highest BCUT2D eigenvalue weighted by molar-refractivity contribution is 6.26. The summed E-state index contributed by atoms with van der Waals surface area (Å²) in [7, 11) is 0. The molecule has 0 aliphatic rings. The fourth-order valence-corrected chi connectivity index (χ4v) is 10.0. The molecule has 0 radical (unpaired) electrons. The summed E-state index contributed by atoms with van der Waals surface area (Å²) < 4.78 is 6.79. The summed E-state index contributed by atoms with van der Waals surface area (Å²) in [6.45, 7) is 16.1. The molecule has 0 aliphatic carbocycles. The highest BCUT2D eigenvalue weighted by Crippen LogP contribution is 2.44. The maximum Gasteiger partial charge on any atom is 0.238 e. The Balaban J connectivity index is 1.12. The highest BCUT2D eigenvalue weighted by Gasteiger charge is 2.25. The first-order chi connectivity index (χ1) is 33.2. The van der Waals surface area contributed by atoms with Crippen molar-refractivity contribution in [2.75, 3.05) is 0 Å². The molecule has 0 saturated carbocycles. The van der Waals surface area contributed by atoms with E-state index in [0.29, 0.717) is 34.5 Å². The van der Waals surface area contributed by atoms with Crippen molar-refractivity contribution in [2.45, 2.75) is 0 Å². The summed E-state index contributed by atoms with van der Waals surface area (Å²) in [6.07, 6.45) is 0. The van der Waals surface area contributed by atoms with Crippen molar-refractivity contribution in [3.8, 4) is 51.2 Å². The molecule has 0 aliphatic heterocycles. The van der Waals surface area contributed by atoms with E-state index in [2.05, 4.69) is 145 Å². The Morgan fingerprint density at radius 2 is 0.940 bits per heavy atom. The highest BCUT2D eigenvalue weighted by atomic mass is 15.2. The summed E-state index contributed by atoms with van der Waals surface area (Å²) in [6, 6.07) is 70.3. The maximum absolute atomic E-state index is 8.27. The zero-order chi connectivity index (χ0) is 44.6. The third kappa shape index (κ3) is 5.81. The van der Waals surface area contributed by atoms with E-state index in [1.165, 1.54) is 0 Å². The first kappa shape index (κ1) is 37.9. The zero-order valence-corrected chi connectivity index (χ0v) is 35.7.